The molecule has 0 fully saturated rings. The van der Waals surface area contributed by atoms with Gasteiger partial charge in [0.15, 0.2) is 0 Å². The summed E-state index contributed by atoms with van der Waals surface area (Å²) in [6, 6.07) is 15.0. The molecule has 0 bridgehead atoms. The van der Waals surface area contributed by atoms with Gasteiger partial charge in [-0.25, -0.2) is 0 Å². The molecule has 0 aliphatic rings. The second kappa shape index (κ2) is 8.47. The molecule has 0 aliphatic heterocycles. The molecule has 0 spiro atoms. The predicted molar refractivity (Wildman–Crippen MR) is 100 cm³/mol. The molecule has 0 amide bonds. The summed E-state index contributed by atoms with van der Waals surface area (Å²) in [5, 5.41) is 21.2. The van der Waals surface area contributed by atoms with Crippen LogP contribution in [0, 0.1) is 25.2 Å². The topological polar surface area (TPSA) is 93.7 Å². The zero-order chi connectivity index (χ0) is 19.2. The van der Waals surface area contributed by atoms with Gasteiger partial charge in [0.25, 0.3) is 0 Å². The molecule has 0 radical (unpaired) electrons. The number of carbonyl (C=O) groups excluding carboxylic acids is 1. The summed E-state index contributed by atoms with van der Waals surface area (Å²) >= 11 is 1.21. The second-order valence-corrected chi connectivity index (χ2v) is 6.87. The van der Waals surface area contributed by atoms with E-state index >= 15 is 0 Å². The normalized spacial score (nSPS) is 10.4. The first-order valence-electron chi connectivity index (χ1n) is 8.20. The van der Waals surface area contributed by atoms with Gasteiger partial charge < -0.3 is 4.74 Å². The highest BCUT2D eigenvalue weighted by Crippen LogP contribution is 2.21. The van der Waals surface area contributed by atoms with Gasteiger partial charge in [-0.2, -0.15) is 9.94 Å². The molecular weight excluding hydrogens is 362 g/mol. The Morgan fingerprint density at radius 2 is 2.11 bits per heavy atom. The molecule has 27 heavy (non-hydrogen) atoms. The Bertz CT molecular complexity index is 1010. The van der Waals surface area contributed by atoms with Crippen molar-refractivity contribution in [3.05, 3.63) is 64.7 Å². The maximum Gasteiger partial charge on any atom is 0.316 e. The molecule has 3 rings (SSSR count). The summed E-state index contributed by atoms with van der Waals surface area (Å²) in [6.07, 6.45) is 0. The minimum Gasteiger partial charge on any atom is -0.460 e. The van der Waals surface area contributed by atoms with Gasteiger partial charge in [0.1, 0.15) is 6.61 Å². The number of esters is 1. The molecule has 0 N–H and O–H groups in total. The molecule has 0 saturated carbocycles. The Labute approximate surface area is 161 Å². The fraction of sp³-hybridized carbons (Fsp3) is 0.211. The van der Waals surface area contributed by atoms with Crippen molar-refractivity contribution in [3.8, 4) is 11.8 Å². The van der Waals surface area contributed by atoms with E-state index in [-0.39, 0.29) is 18.3 Å². The van der Waals surface area contributed by atoms with Crippen LogP contribution in [0.1, 0.15) is 22.3 Å². The van der Waals surface area contributed by atoms with E-state index in [2.05, 4.69) is 21.6 Å². The van der Waals surface area contributed by atoms with Crippen LogP contribution < -0.4 is 0 Å². The highest BCUT2D eigenvalue weighted by Gasteiger charge is 2.14. The number of aromatic nitrogens is 4. The standard InChI is InChI=1S/C19H17N5O2S/c1-13-6-7-14(2)17(8-13)24-19(21-22-23-24)27-12-18(25)26-11-16-5-3-4-15(9-16)10-20/h3-9H,11-12H2,1-2H3. The number of hydrogen-bond acceptors (Lipinski definition) is 7. The van der Waals surface area contributed by atoms with E-state index in [1.807, 2.05) is 38.1 Å². The third-order valence-corrected chi connectivity index (χ3v) is 4.70. The van der Waals surface area contributed by atoms with E-state index in [9.17, 15) is 4.79 Å². The molecule has 3 aromatic rings. The monoisotopic (exact) mass is 379 g/mol. The molecule has 8 heteroatoms. The Hall–Kier alpha value is -3.18. The van der Waals surface area contributed by atoms with Crippen LogP contribution in [0.2, 0.25) is 0 Å². The van der Waals surface area contributed by atoms with Crippen molar-refractivity contribution in [2.75, 3.05) is 5.75 Å². The van der Waals surface area contributed by atoms with Gasteiger partial charge in [-0.3, -0.25) is 4.79 Å². The summed E-state index contributed by atoms with van der Waals surface area (Å²) in [4.78, 5) is 12.0. The Morgan fingerprint density at radius 3 is 2.93 bits per heavy atom. The first kappa shape index (κ1) is 18.6. The lowest BCUT2D eigenvalue weighted by atomic mass is 10.1. The molecule has 2 aromatic carbocycles. The quantitative estimate of drug-likeness (QED) is 0.480. The average Bonchev–Trinajstić information content (AvgIpc) is 3.15. The molecule has 0 unspecified atom stereocenters. The van der Waals surface area contributed by atoms with Gasteiger partial charge in [0, 0.05) is 0 Å². The van der Waals surface area contributed by atoms with Crippen molar-refractivity contribution in [2.24, 2.45) is 0 Å². The van der Waals surface area contributed by atoms with Crippen LogP contribution in [-0.4, -0.2) is 31.9 Å². The SMILES string of the molecule is Cc1ccc(C)c(-n2nnnc2SCC(=O)OCc2cccc(C#N)c2)c1. The fourth-order valence-electron chi connectivity index (χ4n) is 2.43. The smallest absolute Gasteiger partial charge is 0.316 e. The van der Waals surface area contributed by atoms with Crippen LogP contribution in [0.25, 0.3) is 5.69 Å². The van der Waals surface area contributed by atoms with E-state index in [4.69, 9.17) is 10.00 Å². The fourth-order valence-corrected chi connectivity index (χ4v) is 3.11. The first-order valence-corrected chi connectivity index (χ1v) is 9.19. The molecule has 0 saturated heterocycles. The number of benzene rings is 2. The summed E-state index contributed by atoms with van der Waals surface area (Å²) in [7, 11) is 0. The molecule has 7 nitrogen and oxygen atoms in total. The number of ether oxygens (including phenoxy) is 1. The number of nitrogens with zero attached hydrogens (tertiary/aromatic N) is 5. The minimum atomic E-state index is -0.377. The lowest BCUT2D eigenvalue weighted by Crippen LogP contribution is -2.09. The molecule has 1 heterocycles. The van der Waals surface area contributed by atoms with Crippen molar-refractivity contribution in [2.45, 2.75) is 25.6 Å². The number of thioether (sulfide) groups is 1. The average molecular weight is 379 g/mol. The molecular formula is C19H17N5O2S. The maximum atomic E-state index is 12.0. The number of rotatable bonds is 6. The number of hydrogen-bond donors (Lipinski definition) is 0. The van der Waals surface area contributed by atoms with Crippen molar-refractivity contribution < 1.29 is 9.53 Å². The van der Waals surface area contributed by atoms with Crippen LogP contribution >= 0.6 is 11.8 Å². The first-order chi connectivity index (χ1) is 13.1. The van der Waals surface area contributed by atoms with Gasteiger partial charge in [0.2, 0.25) is 5.16 Å². The summed E-state index contributed by atoms with van der Waals surface area (Å²) in [5.74, 6) is -0.290. The van der Waals surface area contributed by atoms with Crippen molar-refractivity contribution in [1.82, 2.24) is 20.2 Å². The molecule has 136 valence electrons. The second-order valence-electron chi connectivity index (χ2n) is 5.92. The summed E-state index contributed by atoms with van der Waals surface area (Å²) in [6.45, 7) is 4.10. The highest BCUT2D eigenvalue weighted by atomic mass is 32.2. The van der Waals surface area contributed by atoms with Crippen LogP contribution in [0.5, 0.6) is 0 Å². The van der Waals surface area contributed by atoms with Gasteiger partial charge in [-0.15, -0.1) is 5.10 Å². The molecule has 0 aliphatic carbocycles. The Morgan fingerprint density at radius 1 is 1.26 bits per heavy atom. The zero-order valence-corrected chi connectivity index (χ0v) is 15.7. The van der Waals surface area contributed by atoms with E-state index < -0.39 is 0 Å². The Kier molecular flexibility index (Phi) is 5.84. The number of aryl methyl sites for hydroxylation is 2. The Balaban J connectivity index is 1.61. The zero-order valence-electron chi connectivity index (χ0n) is 14.9. The minimum absolute atomic E-state index is 0.0865. The predicted octanol–water partition coefficient (Wildman–Crippen LogP) is 2.99. The van der Waals surface area contributed by atoms with Crippen molar-refractivity contribution in [1.29, 1.82) is 5.26 Å². The van der Waals surface area contributed by atoms with Crippen molar-refractivity contribution >= 4 is 17.7 Å². The third kappa shape index (κ3) is 4.71. The van der Waals surface area contributed by atoms with Crippen LogP contribution in [0.15, 0.2) is 47.6 Å². The number of carbonyl (C=O) groups is 1. The van der Waals surface area contributed by atoms with Crippen LogP contribution in [0.4, 0.5) is 0 Å². The number of tetrazole rings is 1. The van der Waals surface area contributed by atoms with Gasteiger partial charge in [0.05, 0.1) is 23.1 Å². The van der Waals surface area contributed by atoms with Crippen LogP contribution in [0.3, 0.4) is 0 Å². The lowest BCUT2D eigenvalue weighted by molar-refractivity contribution is -0.141. The van der Waals surface area contributed by atoms with Gasteiger partial charge >= 0.3 is 5.97 Å². The van der Waals surface area contributed by atoms with Gasteiger partial charge in [-0.1, -0.05) is 36.0 Å². The van der Waals surface area contributed by atoms with E-state index in [1.165, 1.54) is 11.8 Å². The van der Waals surface area contributed by atoms with E-state index in [1.54, 1.807) is 22.9 Å². The summed E-state index contributed by atoms with van der Waals surface area (Å²) < 4.78 is 6.89. The molecule has 1 aromatic heterocycles. The van der Waals surface area contributed by atoms with E-state index in [0.29, 0.717) is 10.7 Å². The third-order valence-electron chi connectivity index (χ3n) is 3.81. The van der Waals surface area contributed by atoms with Gasteiger partial charge in [-0.05, 0) is 59.2 Å². The maximum absolute atomic E-state index is 12.0. The lowest BCUT2D eigenvalue weighted by Gasteiger charge is -2.08. The summed E-state index contributed by atoms with van der Waals surface area (Å²) in [5.41, 5.74) is 4.32. The van der Waals surface area contributed by atoms with Crippen LogP contribution in [-0.2, 0) is 16.1 Å². The largest absolute Gasteiger partial charge is 0.460 e. The highest BCUT2D eigenvalue weighted by molar-refractivity contribution is 7.99. The van der Waals surface area contributed by atoms with E-state index in [0.717, 1.165) is 22.4 Å². The molecule has 0 atom stereocenters. The number of nitriles is 1. The van der Waals surface area contributed by atoms with Crippen molar-refractivity contribution in [3.63, 3.8) is 0 Å².